The second kappa shape index (κ2) is 9.32. The Morgan fingerprint density at radius 3 is 2.59 bits per heavy atom. The molecule has 39 heavy (non-hydrogen) atoms. The predicted molar refractivity (Wildman–Crippen MR) is 146 cm³/mol. The monoisotopic (exact) mass is 540 g/mol. The number of carbonyl (C=O) groups excluding carboxylic acids is 1. The Morgan fingerprint density at radius 2 is 1.82 bits per heavy atom. The lowest BCUT2D eigenvalue weighted by molar-refractivity contribution is 0.0861. The molecule has 1 unspecified atom stereocenters. The van der Waals surface area contributed by atoms with Gasteiger partial charge in [0.05, 0.1) is 24.3 Å². The van der Waals surface area contributed by atoms with Crippen molar-refractivity contribution in [3.8, 4) is 11.3 Å². The molecule has 3 atom stereocenters. The lowest BCUT2D eigenvalue weighted by Gasteiger charge is -2.33. The third-order valence-electron chi connectivity index (χ3n) is 7.64. The van der Waals surface area contributed by atoms with Crippen LogP contribution in [0.25, 0.3) is 11.3 Å². The van der Waals surface area contributed by atoms with E-state index in [1.165, 1.54) is 6.07 Å². The van der Waals surface area contributed by atoms with Gasteiger partial charge in [-0.2, -0.15) is 4.39 Å². The molecule has 0 bridgehead atoms. The smallest absolute Gasteiger partial charge is 0.271 e. The van der Waals surface area contributed by atoms with Crippen molar-refractivity contribution in [1.29, 1.82) is 0 Å². The Bertz CT molecular complexity index is 1610. The van der Waals surface area contributed by atoms with Gasteiger partial charge in [-0.05, 0) is 49.1 Å². The van der Waals surface area contributed by atoms with Crippen molar-refractivity contribution in [3.63, 3.8) is 0 Å². The van der Waals surface area contributed by atoms with Gasteiger partial charge in [-0.1, -0.05) is 48.5 Å². The first kappa shape index (κ1) is 24.1. The normalized spacial score (nSPS) is 20.5. The first-order chi connectivity index (χ1) is 19.0. The minimum atomic E-state index is -1.64. The molecule has 2 aromatic heterocycles. The quantitative estimate of drug-likeness (QED) is 0.275. The van der Waals surface area contributed by atoms with Gasteiger partial charge in [-0.25, -0.2) is 14.7 Å². The van der Waals surface area contributed by atoms with Gasteiger partial charge in [0.25, 0.3) is 10.9 Å². The molecule has 196 valence electrons. The van der Waals surface area contributed by atoms with E-state index in [1.54, 1.807) is 40.9 Å². The summed E-state index contributed by atoms with van der Waals surface area (Å²) in [6.45, 7) is 0.309. The van der Waals surface area contributed by atoms with E-state index >= 15 is 0 Å². The van der Waals surface area contributed by atoms with Crippen LogP contribution in [-0.4, -0.2) is 55.2 Å². The average molecular weight is 541 g/mol. The molecule has 0 spiro atoms. The van der Waals surface area contributed by atoms with Crippen molar-refractivity contribution in [2.45, 2.75) is 47.8 Å². The topological polar surface area (TPSA) is 89.7 Å². The Balaban J connectivity index is 1.32. The van der Waals surface area contributed by atoms with Crippen LogP contribution in [0.3, 0.4) is 0 Å². The van der Waals surface area contributed by atoms with E-state index in [0.29, 0.717) is 39.5 Å². The van der Waals surface area contributed by atoms with Crippen LogP contribution in [0, 0.1) is 5.95 Å². The maximum atomic E-state index is 14.0. The molecule has 0 saturated heterocycles. The van der Waals surface area contributed by atoms with Crippen LogP contribution in [0.1, 0.15) is 35.2 Å². The number of rotatable bonds is 5. The summed E-state index contributed by atoms with van der Waals surface area (Å²) in [5, 5.41) is 5.31. The number of benzene rings is 2. The highest BCUT2D eigenvalue weighted by molar-refractivity contribution is 7.91. The van der Waals surface area contributed by atoms with Crippen LogP contribution in [0.15, 0.2) is 87.7 Å². The van der Waals surface area contributed by atoms with Gasteiger partial charge < -0.3 is 4.55 Å². The molecule has 0 N–H and O–H groups in total. The van der Waals surface area contributed by atoms with E-state index in [4.69, 9.17) is 10.1 Å². The minimum Gasteiger partial charge on any atom is -0.605 e. The van der Waals surface area contributed by atoms with Gasteiger partial charge in [0, 0.05) is 23.8 Å². The second-order valence-corrected chi connectivity index (χ2v) is 11.4. The molecule has 1 amide bonds. The van der Waals surface area contributed by atoms with Gasteiger partial charge in [0.15, 0.2) is 16.3 Å². The van der Waals surface area contributed by atoms with Crippen LogP contribution in [0.5, 0.6) is 0 Å². The maximum absolute atomic E-state index is 14.0. The zero-order valence-electron chi connectivity index (χ0n) is 21.2. The summed E-state index contributed by atoms with van der Waals surface area (Å²) in [6.07, 6.45) is 3.03. The molecular formula is C29H25FN6O2S. The van der Waals surface area contributed by atoms with Crippen LogP contribution in [-0.2, 0) is 17.7 Å². The summed E-state index contributed by atoms with van der Waals surface area (Å²) < 4.78 is 29.3. The summed E-state index contributed by atoms with van der Waals surface area (Å²) in [7, 11) is 1.73. The van der Waals surface area contributed by atoms with Gasteiger partial charge >= 0.3 is 0 Å². The minimum absolute atomic E-state index is 0.137. The van der Waals surface area contributed by atoms with Crippen LogP contribution >= 0.6 is 0 Å². The number of pyridine rings is 1. The molecule has 1 aliphatic carbocycles. The zero-order valence-corrected chi connectivity index (χ0v) is 22.0. The molecule has 2 aliphatic heterocycles. The number of halogens is 1. The SMILES string of the molecule is CN1C(=O)c2c(nn(Cc3ccc(-c4cccc(F)n4)cc3)c2[S+]([O-])c2ccccc2)N2C1=N[C@@H]1CCC[C@@H]12. The molecule has 7 rings (SSSR count). The number of nitrogens with zero attached hydrogens (tertiary/aromatic N) is 6. The van der Waals surface area contributed by atoms with Gasteiger partial charge in [-0.15, -0.1) is 5.10 Å². The number of carbonyl (C=O) groups is 1. The van der Waals surface area contributed by atoms with Crippen molar-refractivity contribution >= 4 is 28.9 Å². The molecule has 1 saturated carbocycles. The predicted octanol–water partition coefficient (Wildman–Crippen LogP) is 4.48. The first-order valence-corrected chi connectivity index (χ1v) is 14.1. The van der Waals surface area contributed by atoms with Crippen molar-refractivity contribution < 1.29 is 13.7 Å². The lowest BCUT2D eigenvalue weighted by atomic mass is 10.1. The Hall–Kier alpha value is -4.02. The van der Waals surface area contributed by atoms with Crippen LogP contribution < -0.4 is 4.90 Å². The van der Waals surface area contributed by atoms with Gasteiger partial charge in [0.1, 0.15) is 0 Å². The molecule has 1 fully saturated rings. The van der Waals surface area contributed by atoms with E-state index < -0.39 is 17.1 Å². The number of fused-ring (bicyclic) bond motifs is 5. The van der Waals surface area contributed by atoms with Crippen LogP contribution in [0.4, 0.5) is 10.2 Å². The molecule has 4 aromatic rings. The number of hydrogen-bond acceptors (Lipinski definition) is 6. The zero-order chi connectivity index (χ0) is 26.7. The van der Waals surface area contributed by atoms with Gasteiger partial charge in [0.2, 0.25) is 11.9 Å². The van der Waals surface area contributed by atoms with Crippen molar-refractivity contribution in [2.75, 3.05) is 11.9 Å². The number of aliphatic imine (C=N–C) groups is 1. The van der Waals surface area contributed by atoms with Gasteiger partial charge in [-0.3, -0.25) is 14.6 Å². The highest BCUT2D eigenvalue weighted by atomic mass is 32.2. The fourth-order valence-electron chi connectivity index (χ4n) is 5.75. The van der Waals surface area contributed by atoms with Crippen LogP contribution in [0.2, 0.25) is 0 Å². The molecule has 2 aromatic carbocycles. The summed E-state index contributed by atoms with van der Waals surface area (Å²) >= 11 is -1.64. The number of anilines is 1. The van der Waals surface area contributed by atoms with E-state index in [1.807, 2.05) is 42.5 Å². The highest BCUT2D eigenvalue weighted by Gasteiger charge is 2.51. The fraction of sp³-hybridized carbons (Fsp3) is 0.241. The Morgan fingerprint density at radius 1 is 1.03 bits per heavy atom. The number of amides is 1. The molecule has 0 radical (unpaired) electrons. The van der Waals surface area contributed by atoms with E-state index in [9.17, 15) is 13.7 Å². The molecule has 10 heteroatoms. The Labute approximate surface area is 228 Å². The second-order valence-electron chi connectivity index (χ2n) is 10.0. The fourth-order valence-corrected chi connectivity index (χ4v) is 7.04. The molecule has 4 heterocycles. The van der Waals surface area contributed by atoms with Crippen molar-refractivity contribution in [2.24, 2.45) is 4.99 Å². The summed E-state index contributed by atoms with van der Waals surface area (Å²) in [4.78, 5) is 26.8. The average Bonchev–Trinajstić information content (AvgIpc) is 3.66. The van der Waals surface area contributed by atoms with Crippen molar-refractivity contribution in [1.82, 2.24) is 19.7 Å². The first-order valence-electron chi connectivity index (χ1n) is 12.9. The molecular weight excluding hydrogens is 515 g/mol. The summed E-state index contributed by atoms with van der Waals surface area (Å²) in [5.41, 5.74) is 2.60. The van der Waals surface area contributed by atoms with E-state index in [0.717, 1.165) is 30.4 Å². The van der Waals surface area contributed by atoms with E-state index in [-0.39, 0.29) is 18.0 Å². The lowest BCUT2D eigenvalue weighted by Crippen LogP contribution is -2.51. The maximum Gasteiger partial charge on any atom is 0.271 e. The number of hydrogen-bond donors (Lipinski definition) is 0. The largest absolute Gasteiger partial charge is 0.605 e. The number of aromatic nitrogens is 3. The Kier molecular flexibility index (Phi) is 5.75. The molecule has 3 aliphatic rings. The van der Waals surface area contributed by atoms with E-state index in [2.05, 4.69) is 9.88 Å². The standard InChI is InChI=1S/C29H25FN6O2S/c1-34-27(37)25-26(36-23-11-5-10-22(23)32-29(34)36)33-35(28(25)39(38)20-7-3-2-4-8-20)17-18-13-15-19(16-14-18)21-9-6-12-24(30)31-21/h2-4,6-9,12-16,22-23H,5,10-11,17H2,1H3/t22-,23+,39?/m1/s1. The van der Waals surface area contributed by atoms with Crippen molar-refractivity contribution in [3.05, 3.63) is 89.9 Å². The highest BCUT2D eigenvalue weighted by Crippen LogP contribution is 2.43. The summed E-state index contributed by atoms with van der Waals surface area (Å²) in [5.74, 6) is 0.371. The number of guanidine groups is 1. The third kappa shape index (κ3) is 3.93. The summed E-state index contributed by atoms with van der Waals surface area (Å²) in [6, 6.07) is 21.7. The third-order valence-corrected chi connectivity index (χ3v) is 9.10. The molecule has 8 nitrogen and oxygen atoms in total.